The molecule has 1 aliphatic rings. The van der Waals surface area contributed by atoms with Gasteiger partial charge in [-0.3, -0.25) is 0 Å². The summed E-state index contributed by atoms with van der Waals surface area (Å²) in [5, 5.41) is 5.87. The van der Waals surface area contributed by atoms with Crippen molar-refractivity contribution in [3.05, 3.63) is 68.2 Å². The Morgan fingerprint density at radius 1 is 0.607 bits per heavy atom. The van der Waals surface area contributed by atoms with Crippen LogP contribution in [0, 0.1) is 6.92 Å². The average Bonchev–Trinajstić information content (AvgIpc) is 2.81. The summed E-state index contributed by atoms with van der Waals surface area (Å²) in [6.45, 7) is 1.79. The van der Waals surface area contributed by atoms with Gasteiger partial charge < -0.3 is 0 Å². The Hall–Kier alpha value is -0.310. The maximum absolute atomic E-state index is 6.93. The summed E-state index contributed by atoms with van der Waals surface area (Å²) in [6, 6.07) is 11.8. The van der Waals surface area contributed by atoms with Crippen molar-refractivity contribution in [2.45, 2.75) is 15.6 Å². The summed E-state index contributed by atoms with van der Waals surface area (Å²) >= 11 is 47.3. The van der Waals surface area contributed by atoms with E-state index in [2.05, 4.69) is 0 Å². The third-order valence-electron chi connectivity index (χ3n) is 5.53. The topological polar surface area (TPSA) is 0 Å². The van der Waals surface area contributed by atoms with Gasteiger partial charge in [-0.15, -0.1) is 0 Å². The molecule has 0 amide bonds. The van der Waals surface area contributed by atoms with Crippen LogP contribution in [0.4, 0.5) is 0 Å². The van der Waals surface area contributed by atoms with Crippen LogP contribution in [-0.4, -0.2) is 0 Å². The lowest BCUT2D eigenvalue weighted by Crippen LogP contribution is -2.27. The van der Waals surface area contributed by atoms with Crippen LogP contribution in [0.5, 0.6) is 0 Å². The normalized spacial score (nSPS) is 17.1. The van der Waals surface area contributed by atoms with Crippen molar-refractivity contribution in [2.24, 2.45) is 0 Å². The smallest absolute Gasteiger partial charge is 0.0925 e. The molecule has 0 radical (unpaired) electrons. The Labute approximate surface area is 196 Å². The average molecular weight is 509 g/mol. The molecule has 0 nitrogen and oxygen atoms in total. The fraction of sp³-hybridized carbons (Fsp3) is 0.143. The SMILES string of the molecule is Cc1c(Cl)c(Cl)c2c(Cl)c3c(ccc4ccccc43)c3c2c1C(Cl)(Cl)C3(Cl)Cl. The largest absolute Gasteiger partial charge is 0.181 e. The van der Waals surface area contributed by atoms with Crippen LogP contribution in [0.3, 0.4) is 0 Å². The molecule has 0 saturated carbocycles. The standard InChI is InChI=1S/C21H9Cl7/c1-8-15-13-14(19(24)17(8)22)18(23)12-10-5-3-2-4-9(10)6-7-11(12)16(13)21(27,28)20(15,25)26/h2-7H,1H3. The molecular formula is C21H9Cl7. The molecule has 0 aromatic heterocycles. The lowest BCUT2D eigenvalue weighted by Gasteiger charge is -2.28. The summed E-state index contributed by atoms with van der Waals surface area (Å²) in [5.41, 5.74) is 1.76. The van der Waals surface area contributed by atoms with Crippen molar-refractivity contribution < 1.29 is 0 Å². The maximum Gasteiger partial charge on any atom is 0.181 e. The Bertz CT molecular complexity index is 1350. The van der Waals surface area contributed by atoms with E-state index in [1.807, 2.05) is 36.4 Å². The van der Waals surface area contributed by atoms with Crippen molar-refractivity contribution >= 4 is 114 Å². The molecule has 0 N–H and O–H groups in total. The number of fused-ring (bicyclic) bond motifs is 4. The molecule has 7 heteroatoms. The minimum absolute atomic E-state index is 0.327. The molecule has 0 saturated heterocycles. The van der Waals surface area contributed by atoms with Crippen LogP contribution in [-0.2, 0) is 8.67 Å². The van der Waals surface area contributed by atoms with Gasteiger partial charge in [-0.25, -0.2) is 0 Å². The van der Waals surface area contributed by atoms with Gasteiger partial charge in [-0.05, 0) is 34.0 Å². The molecular weight excluding hydrogens is 500 g/mol. The lowest BCUT2D eigenvalue weighted by atomic mass is 9.93. The number of halogens is 7. The van der Waals surface area contributed by atoms with Crippen molar-refractivity contribution in [3.8, 4) is 0 Å². The maximum atomic E-state index is 6.93. The molecule has 0 aliphatic heterocycles. The predicted octanol–water partition coefficient (Wildman–Crippen LogP) is 9.69. The van der Waals surface area contributed by atoms with Gasteiger partial charge in [0.05, 0.1) is 15.1 Å². The van der Waals surface area contributed by atoms with Gasteiger partial charge in [-0.1, -0.05) is 118 Å². The quantitative estimate of drug-likeness (QED) is 0.126. The van der Waals surface area contributed by atoms with Gasteiger partial charge in [0, 0.05) is 21.9 Å². The van der Waals surface area contributed by atoms with Crippen LogP contribution in [0.15, 0.2) is 36.4 Å². The van der Waals surface area contributed by atoms with Gasteiger partial charge in [0.25, 0.3) is 0 Å². The minimum atomic E-state index is -1.63. The highest BCUT2D eigenvalue weighted by Gasteiger charge is 2.58. The van der Waals surface area contributed by atoms with Gasteiger partial charge >= 0.3 is 0 Å². The summed E-state index contributed by atoms with van der Waals surface area (Å²) < 4.78 is -3.25. The van der Waals surface area contributed by atoms with Gasteiger partial charge in [0.15, 0.2) is 8.67 Å². The third kappa shape index (κ3) is 2.18. The van der Waals surface area contributed by atoms with Gasteiger partial charge in [0.2, 0.25) is 0 Å². The minimum Gasteiger partial charge on any atom is -0.0925 e. The van der Waals surface area contributed by atoms with Crippen LogP contribution in [0.2, 0.25) is 15.1 Å². The van der Waals surface area contributed by atoms with E-state index in [1.165, 1.54) is 0 Å². The predicted molar refractivity (Wildman–Crippen MR) is 125 cm³/mol. The van der Waals surface area contributed by atoms with E-state index in [4.69, 9.17) is 81.2 Å². The first-order chi connectivity index (χ1) is 13.1. The van der Waals surface area contributed by atoms with E-state index in [9.17, 15) is 0 Å². The first-order valence-electron chi connectivity index (χ1n) is 8.31. The highest BCUT2D eigenvalue weighted by Crippen LogP contribution is 2.68. The molecule has 0 heterocycles. The fourth-order valence-electron chi connectivity index (χ4n) is 4.27. The van der Waals surface area contributed by atoms with E-state index in [1.54, 1.807) is 6.92 Å². The third-order valence-corrected chi connectivity index (χ3v) is 9.13. The van der Waals surface area contributed by atoms with Crippen LogP contribution < -0.4 is 0 Å². The van der Waals surface area contributed by atoms with Crippen molar-refractivity contribution in [2.75, 3.05) is 0 Å². The van der Waals surface area contributed by atoms with Gasteiger partial charge in [0.1, 0.15) is 0 Å². The molecule has 1 aliphatic carbocycles. The number of rotatable bonds is 0. The van der Waals surface area contributed by atoms with E-state index in [0.29, 0.717) is 42.5 Å². The molecule has 5 rings (SSSR count). The van der Waals surface area contributed by atoms with Crippen molar-refractivity contribution in [3.63, 3.8) is 0 Å². The number of alkyl halides is 4. The molecule has 28 heavy (non-hydrogen) atoms. The summed E-state index contributed by atoms with van der Waals surface area (Å²) in [6.07, 6.45) is 0. The van der Waals surface area contributed by atoms with Crippen LogP contribution in [0.25, 0.3) is 32.3 Å². The zero-order valence-electron chi connectivity index (χ0n) is 14.1. The van der Waals surface area contributed by atoms with E-state index in [-0.39, 0.29) is 0 Å². The Kier molecular flexibility index (Phi) is 4.29. The Balaban J connectivity index is 2.21. The molecule has 0 spiro atoms. The second kappa shape index (κ2) is 6.11. The van der Waals surface area contributed by atoms with Crippen molar-refractivity contribution in [1.29, 1.82) is 0 Å². The molecule has 142 valence electrons. The molecule has 4 aromatic carbocycles. The highest BCUT2D eigenvalue weighted by molar-refractivity contribution is 6.65. The molecule has 0 bridgehead atoms. The van der Waals surface area contributed by atoms with Crippen LogP contribution >= 0.6 is 81.2 Å². The molecule has 0 fully saturated rings. The van der Waals surface area contributed by atoms with Gasteiger partial charge in [-0.2, -0.15) is 0 Å². The first-order valence-corrected chi connectivity index (χ1v) is 11.0. The van der Waals surface area contributed by atoms with E-state index < -0.39 is 8.67 Å². The zero-order valence-corrected chi connectivity index (χ0v) is 19.4. The highest BCUT2D eigenvalue weighted by atomic mass is 35.5. The first kappa shape index (κ1) is 19.6. The molecule has 4 aromatic rings. The van der Waals surface area contributed by atoms with Crippen molar-refractivity contribution in [1.82, 2.24) is 0 Å². The summed E-state index contributed by atoms with van der Waals surface area (Å²) in [7, 11) is 0. The second-order valence-corrected chi connectivity index (χ2v) is 10.7. The molecule has 0 atom stereocenters. The summed E-state index contributed by atoms with van der Waals surface area (Å²) in [5.74, 6) is 0. The number of hydrogen-bond acceptors (Lipinski definition) is 0. The van der Waals surface area contributed by atoms with E-state index >= 15 is 0 Å². The fourth-order valence-corrected chi connectivity index (χ4v) is 6.47. The molecule has 0 unspecified atom stereocenters. The number of benzene rings is 4. The van der Waals surface area contributed by atoms with E-state index in [0.717, 1.165) is 21.5 Å². The zero-order chi connectivity index (χ0) is 20.2. The monoisotopic (exact) mass is 506 g/mol. The second-order valence-electron chi connectivity index (χ2n) is 6.92. The summed E-state index contributed by atoms with van der Waals surface area (Å²) in [4.78, 5) is 0. The Morgan fingerprint density at radius 3 is 1.96 bits per heavy atom. The van der Waals surface area contributed by atoms with Crippen LogP contribution in [0.1, 0.15) is 16.7 Å². The Morgan fingerprint density at radius 2 is 1.25 bits per heavy atom. The lowest BCUT2D eigenvalue weighted by molar-refractivity contribution is 0.774. The number of hydrogen-bond donors (Lipinski definition) is 0.